The summed E-state index contributed by atoms with van der Waals surface area (Å²) < 4.78 is 0. The van der Waals surface area contributed by atoms with Gasteiger partial charge in [-0.05, 0) is 62.7 Å². The van der Waals surface area contributed by atoms with Gasteiger partial charge in [0.1, 0.15) is 5.78 Å². The number of hydrogen-bond acceptors (Lipinski definition) is 3. The fourth-order valence-corrected chi connectivity index (χ4v) is 6.50. The van der Waals surface area contributed by atoms with E-state index in [0.29, 0.717) is 23.5 Å². The molecular weight excluding hydrogens is 276 g/mol. The zero-order valence-electron chi connectivity index (χ0n) is 13.6. The number of carbonyl (C=O) groups is 1. The molecule has 0 aromatic carbocycles. The molecule has 0 aliphatic heterocycles. The van der Waals surface area contributed by atoms with Gasteiger partial charge in [-0.1, -0.05) is 18.6 Å². The van der Waals surface area contributed by atoms with Gasteiger partial charge in [0.05, 0.1) is 12.7 Å². The number of hydrogen-bond donors (Lipinski definition) is 2. The number of aliphatic hydroxyl groups is 2. The Morgan fingerprint density at radius 2 is 2.05 bits per heavy atom. The molecule has 2 unspecified atom stereocenters. The third kappa shape index (κ3) is 1.78. The standard InChI is InChI=1S/C19H28O3/c1-18-8-7-16-14(15(18)4-5-17(18)22)3-2-12-10-13(21)6-9-19(12,16)11-20/h2,13-16,20-21H,3-11H2,1H3/t13-,14-,15?,16?,18-,19+/m0/s1. The van der Waals surface area contributed by atoms with Crippen molar-refractivity contribution in [2.24, 2.45) is 28.6 Å². The minimum absolute atomic E-state index is 0.0999. The molecule has 0 saturated heterocycles. The van der Waals surface area contributed by atoms with Crippen molar-refractivity contribution in [2.45, 2.75) is 64.4 Å². The number of aliphatic hydroxyl groups excluding tert-OH is 2. The summed E-state index contributed by atoms with van der Waals surface area (Å²) in [5.74, 6) is 2.04. The average molecular weight is 304 g/mol. The lowest BCUT2D eigenvalue weighted by Gasteiger charge is -2.57. The van der Waals surface area contributed by atoms with Gasteiger partial charge >= 0.3 is 0 Å². The first-order chi connectivity index (χ1) is 10.5. The van der Waals surface area contributed by atoms with Crippen LogP contribution in [0.1, 0.15) is 58.3 Å². The molecule has 3 saturated carbocycles. The normalized spacial score (nSPS) is 50.9. The van der Waals surface area contributed by atoms with Crippen LogP contribution in [-0.2, 0) is 4.79 Å². The molecule has 22 heavy (non-hydrogen) atoms. The van der Waals surface area contributed by atoms with E-state index in [1.807, 2.05) is 0 Å². The summed E-state index contributed by atoms with van der Waals surface area (Å²) in [5.41, 5.74) is 1.11. The lowest BCUT2D eigenvalue weighted by Crippen LogP contribution is -2.53. The van der Waals surface area contributed by atoms with E-state index in [1.54, 1.807) is 0 Å². The second kappa shape index (κ2) is 4.91. The van der Waals surface area contributed by atoms with Crippen LogP contribution in [0.3, 0.4) is 0 Å². The largest absolute Gasteiger partial charge is 0.395 e. The van der Waals surface area contributed by atoms with Crippen molar-refractivity contribution in [1.29, 1.82) is 0 Å². The molecule has 0 spiro atoms. The number of carbonyl (C=O) groups excluding carboxylic acids is 1. The number of ketones is 1. The summed E-state index contributed by atoms with van der Waals surface area (Å²) >= 11 is 0. The number of allylic oxidation sites excluding steroid dienone is 1. The van der Waals surface area contributed by atoms with Gasteiger partial charge in [-0.15, -0.1) is 0 Å². The van der Waals surface area contributed by atoms with Crippen LogP contribution in [0.25, 0.3) is 0 Å². The van der Waals surface area contributed by atoms with Crippen molar-refractivity contribution in [3.63, 3.8) is 0 Å². The van der Waals surface area contributed by atoms with Crippen LogP contribution < -0.4 is 0 Å². The third-order valence-corrected chi connectivity index (χ3v) is 7.79. The van der Waals surface area contributed by atoms with Crippen LogP contribution >= 0.6 is 0 Å². The van der Waals surface area contributed by atoms with Gasteiger partial charge in [-0.25, -0.2) is 0 Å². The van der Waals surface area contributed by atoms with Crippen LogP contribution in [-0.4, -0.2) is 28.7 Å². The van der Waals surface area contributed by atoms with E-state index in [-0.39, 0.29) is 23.5 Å². The molecule has 4 aliphatic rings. The summed E-state index contributed by atoms with van der Waals surface area (Å²) in [6.45, 7) is 2.41. The second-order valence-electron chi connectivity index (χ2n) is 8.47. The van der Waals surface area contributed by atoms with Crippen LogP contribution in [0.15, 0.2) is 11.6 Å². The van der Waals surface area contributed by atoms with Crippen LogP contribution in [0.5, 0.6) is 0 Å². The van der Waals surface area contributed by atoms with Gasteiger partial charge in [-0.2, -0.15) is 0 Å². The molecule has 4 aliphatic carbocycles. The average Bonchev–Trinajstić information content (AvgIpc) is 2.82. The molecule has 0 aromatic rings. The van der Waals surface area contributed by atoms with Gasteiger partial charge in [0.2, 0.25) is 0 Å². The maximum atomic E-state index is 12.4. The Bertz CT molecular complexity index is 525. The van der Waals surface area contributed by atoms with Gasteiger partial charge in [-0.3, -0.25) is 4.79 Å². The highest BCUT2D eigenvalue weighted by Gasteiger charge is 2.59. The Hall–Kier alpha value is -0.670. The van der Waals surface area contributed by atoms with E-state index >= 15 is 0 Å². The van der Waals surface area contributed by atoms with Crippen molar-refractivity contribution in [3.8, 4) is 0 Å². The molecule has 3 fully saturated rings. The molecule has 3 nitrogen and oxygen atoms in total. The zero-order valence-corrected chi connectivity index (χ0v) is 13.6. The summed E-state index contributed by atoms with van der Waals surface area (Å²) in [6.07, 6.45) is 9.45. The van der Waals surface area contributed by atoms with E-state index in [2.05, 4.69) is 13.0 Å². The van der Waals surface area contributed by atoms with Gasteiger partial charge in [0.25, 0.3) is 0 Å². The highest BCUT2D eigenvalue weighted by molar-refractivity contribution is 5.87. The van der Waals surface area contributed by atoms with Crippen molar-refractivity contribution >= 4 is 5.78 Å². The smallest absolute Gasteiger partial charge is 0.139 e. The van der Waals surface area contributed by atoms with Crippen LogP contribution in [0.2, 0.25) is 0 Å². The zero-order chi connectivity index (χ0) is 15.5. The number of fused-ring (bicyclic) bond motifs is 5. The summed E-state index contributed by atoms with van der Waals surface area (Å²) in [4.78, 5) is 12.4. The molecule has 0 amide bonds. The van der Waals surface area contributed by atoms with Crippen LogP contribution in [0.4, 0.5) is 0 Å². The minimum Gasteiger partial charge on any atom is -0.395 e. The Labute approximate surface area is 132 Å². The highest BCUT2D eigenvalue weighted by atomic mass is 16.3. The fraction of sp³-hybridized carbons (Fsp3) is 0.842. The van der Waals surface area contributed by atoms with E-state index < -0.39 is 0 Å². The quantitative estimate of drug-likeness (QED) is 0.732. The van der Waals surface area contributed by atoms with Crippen molar-refractivity contribution < 1.29 is 15.0 Å². The number of rotatable bonds is 1. The second-order valence-corrected chi connectivity index (χ2v) is 8.47. The third-order valence-electron chi connectivity index (χ3n) is 7.79. The monoisotopic (exact) mass is 304 g/mol. The lowest BCUT2D eigenvalue weighted by atomic mass is 9.47. The molecular formula is C19H28O3. The molecule has 3 heteroatoms. The molecule has 0 aromatic heterocycles. The molecule has 0 heterocycles. The van der Waals surface area contributed by atoms with E-state index in [0.717, 1.165) is 51.4 Å². The summed E-state index contributed by atoms with van der Waals surface area (Å²) in [5, 5.41) is 20.3. The minimum atomic E-state index is -0.232. The fourth-order valence-electron chi connectivity index (χ4n) is 6.50. The maximum absolute atomic E-state index is 12.4. The lowest BCUT2D eigenvalue weighted by molar-refractivity contribution is -0.133. The van der Waals surface area contributed by atoms with E-state index in [1.165, 1.54) is 5.57 Å². The highest BCUT2D eigenvalue weighted by Crippen LogP contribution is 2.63. The Kier molecular flexibility index (Phi) is 3.32. The van der Waals surface area contributed by atoms with Gasteiger partial charge < -0.3 is 10.2 Å². The molecule has 122 valence electrons. The van der Waals surface area contributed by atoms with Gasteiger partial charge in [0, 0.05) is 17.3 Å². The van der Waals surface area contributed by atoms with E-state index in [4.69, 9.17) is 0 Å². The Balaban J connectivity index is 1.72. The molecule has 4 rings (SSSR count). The van der Waals surface area contributed by atoms with Crippen molar-refractivity contribution in [3.05, 3.63) is 11.6 Å². The number of Topliss-reactive ketones (excluding diaryl/α,β-unsaturated/α-hetero) is 1. The van der Waals surface area contributed by atoms with Crippen molar-refractivity contribution in [1.82, 2.24) is 0 Å². The molecule has 2 N–H and O–H groups in total. The first-order valence-corrected chi connectivity index (χ1v) is 9.03. The summed E-state index contributed by atoms with van der Waals surface area (Å²) in [7, 11) is 0. The maximum Gasteiger partial charge on any atom is 0.139 e. The topological polar surface area (TPSA) is 57.5 Å². The first kappa shape index (κ1) is 14.9. The van der Waals surface area contributed by atoms with E-state index in [9.17, 15) is 15.0 Å². The van der Waals surface area contributed by atoms with Crippen molar-refractivity contribution in [2.75, 3.05) is 6.61 Å². The summed E-state index contributed by atoms with van der Waals surface area (Å²) in [6, 6.07) is 0. The first-order valence-electron chi connectivity index (χ1n) is 9.03. The van der Waals surface area contributed by atoms with Crippen LogP contribution in [0, 0.1) is 28.6 Å². The van der Waals surface area contributed by atoms with Gasteiger partial charge in [0.15, 0.2) is 0 Å². The molecule has 0 bridgehead atoms. The molecule has 6 atom stereocenters. The molecule has 0 radical (unpaired) electrons. The Morgan fingerprint density at radius 1 is 1.23 bits per heavy atom. The predicted octanol–water partition coefficient (Wildman–Crippen LogP) is 2.85. The Morgan fingerprint density at radius 3 is 2.82 bits per heavy atom. The predicted molar refractivity (Wildman–Crippen MR) is 84.1 cm³/mol. The SMILES string of the molecule is C[C@]12CCC3[C@@H](CC=C4C[C@@H](O)CC[C@@]43CO)C1CCC2=O.